The second-order valence-corrected chi connectivity index (χ2v) is 7.15. The fourth-order valence-electron chi connectivity index (χ4n) is 2.87. The lowest BCUT2D eigenvalue weighted by molar-refractivity contribution is -0.118. The molecular formula is C24H34N2O4. The first kappa shape index (κ1) is 23.7. The van der Waals surface area contributed by atoms with E-state index in [9.17, 15) is 4.79 Å². The van der Waals surface area contributed by atoms with E-state index in [1.54, 1.807) is 7.11 Å². The number of anilines is 1. The Bertz CT molecular complexity index is 762. The molecule has 0 unspecified atom stereocenters. The molecule has 1 amide bonds. The van der Waals surface area contributed by atoms with Gasteiger partial charge in [0.25, 0.3) is 5.91 Å². The van der Waals surface area contributed by atoms with Crippen LogP contribution >= 0.6 is 0 Å². The van der Waals surface area contributed by atoms with Crippen LogP contribution in [-0.4, -0.2) is 39.4 Å². The molecule has 6 heteroatoms. The van der Waals surface area contributed by atoms with Crippen LogP contribution in [0.5, 0.6) is 11.5 Å². The molecule has 0 radical (unpaired) electrons. The largest absolute Gasteiger partial charge is 0.493 e. The first-order chi connectivity index (χ1) is 14.6. The van der Waals surface area contributed by atoms with Crippen LogP contribution in [0.1, 0.15) is 37.3 Å². The molecule has 164 valence electrons. The van der Waals surface area contributed by atoms with E-state index in [0.717, 1.165) is 55.8 Å². The van der Waals surface area contributed by atoms with Crippen LogP contribution in [0.4, 0.5) is 5.69 Å². The standard InChI is InChI=1S/C24H34N2O4/c1-4-5-15-29-16-7-14-25-17-20-8-6-9-22(28-3)24(20)30-18-23(27)26-21-12-10-19(2)11-13-21/h6,8-13,25H,4-5,7,14-18H2,1-3H3,(H,26,27). The number of hydrogen-bond acceptors (Lipinski definition) is 5. The minimum Gasteiger partial charge on any atom is -0.493 e. The molecule has 6 nitrogen and oxygen atoms in total. The fourth-order valence-corrected chi connectivity index (χ4v) is 2.87. The third kappa shape index (κ3) is 8.43. The predicted octanol–water partition coefficient (Wildman–Crippen LogP) is 4.32. The van der Waals surface area contributed by atoms with Gasteiger partial charge in [-0.05, 0) is 44.5 Å². The number of hydrogen-bond donors (Lipinski definition) is 2. The Morgan fingerprint density at radius 1 is 1.03 bits per heavy atom. The van der Waals surface area contributed by atoms with Crippen molar-refractivity contribution in [3.8, 4) is 11.5 Å². The van der Waals surface area contributed by atoms with Crippen molar-refractivity contribution < 1.29 is 19.0 Å². The second-order valence-electron chi connectivity index (χ2n) is 7.15. The summed E-state index contributed by atoms with van der Waals surface area (Å²) in [5, 5.41) is 6.24. The van der Waals surface area contributed by atoms with Crippen LogP contribution in [0.25, 0.3) is 0 Å². The molecular weight excluding hydrogens is 380 g/mol. The molecule has 0 aliphatic carbocycles. The predicted molar refractivity (Wildman–Crippen MR) is 120 cm³/mol. The summed E-state index contributed by atoms with van der Waals surface area (Å²) in [6.07, 6.45) is 3.21. The molecule has 2 rings (SSSR count). The lowest BCUT2D eigenvalue weighted by Gasteiger charge is -2.15. The zero-order chi connectivity index (χ0) is 21.6. The van der Waals surface area contributed by atoms with Gasteiger partial charge in [0.2, 0.25) is 0 Å². The number of carbonyl (C=O) groups is 1. The first-order valence-corrected chi connectivity index (χ1v) is 10.6. The van der Waals surface area contributed by atoms with Gasteiger partial charge in [-0.3, -0.25) is 4.79 Å². The van der Waals surface area contributed by atoms with Gasteiger partial charge in [-0.15, -0.1) is 0 Å². The number of carbonyl (C=O) groups excluding carboxylic acids is 1. The lowest BCUT2D eigenvalue weighted by atomic mass is 10.2. The minimum atomic E-state index is -0.215. The van der Waals surface area contributed by atoms with Crippen molar-refractivity contribution in [3.05, 3.63) is 53.6 Å². The highest BCUT2D eigenvalue weighted by Crippen LogP contribution is 2.31. The van der Waals surface area contributed by atoms with Gasteiger partial charge in [0, 0.05) is 31.0 Å². The van der Waals surface area contributed by atoms with Gasteiger partial charge >= 0.3 is 0 Å². The van der Waals surface area contributed by atoms with Crippen molar-refractivity contribution in [3.63, 3.8) is 0 Å². The molecule has 0 fully saturated rings. The van der Waals surface area contributed by atoms with E-state index in [1.807, 2.05) is 49.4 Å². The molecule has 30 heavy (non-hydrogen) atoms. The number of methoxy groups -OCH3 is 1. The van der Waals surface area contributed by atoms with Gasteiger partial charge in [0.15, 0.2) is 18.1 Å². The van der Waals surface area contributed by atoms with E-state index in [0.29, 0.717) is 18.0 Å². The SMILES string of the molecule is CCCCOCCCNCc1cccc(OC)c1OCC(=O)Nc1ccc(C)cc1. The zero-order valence-corrected chi connectivity index (χ0v) is 18.3. The maximum atomic E-state index is 12.3. The van der Waals surface area contributed by atoms with Gasteiger partial charge in [0.05, 0.1) is 7.11 Å². The van der Waals surface area contributed by atoms with E-state index in [2.05, 4.69) is 17.6 Å². The highest BCUT2D eigenvalue weighted by Gasteiger charge is 2.13. The zero-order valence-electron chi connectivity index (χ0n) is 18.3. The summed E-state index contributed by atoms with van der Waals surface area (Å²) >= 11 is 0. The van der Waals surface area contributed by atoms with Crippen LogP contribution in [0.15, 0.2) is 42.5 Å². The van der Waals surface area contributed by atoms with Crippen LogP contribution in [0.3, 0.4) is 0 Å². The molecule has 0 atom stereocenters. The Kier molecular flexibility index (Phi) is 10.8. The molecule has 0 spiro atoms. The summed E-state index contributed by atoms with van der Waals surface area (Å²) in [6, 6.07) is 13.4. The number of ether oxygens (including phenoxy) is 3. The number of aryl methyl sites for hydroxylation is 1. The summed E-state index contributed by atoms with van der Waals surface area (Å²) in [5.41, 5.74) is 2.84. The van der Waals surface area contributed by atoms with Crippen LogP contribution in [0, 0.1) is 6.92 Å². The topological polar surface area (TPSA) is 68.8 Å². The summed E-state index contributed by atoms with van der Waals surface area (Å²) in [6.45, 7) is 7.13. The van der Waals surface area contributed by atoms with Crippen LogP contribution in [-0.2, 0) is 16.1 Å². The number of rotatable bonds is 14. The minimum absolute atomic E-state index is 0.0908. The van der Waals surface area contributed by atoms with Crippen molar-refractivity contribution in [1.82, 2.24) is 5.32 Å². The van der Waals surface area contributed by atoms with Crippen LogP contribution in [0.2, 0.25) is 0 Å². The molecule has 0 aliphatic heterocycles. The molecule has 0 aromatic heterocycles. The Hall–Kier alpha value is -2.57. The van der Waals surface area contributed by atoms with E-state index < -0.39 is 0 Å². The number of nitrogens with one attached hydrogen (secondary N) is 2. The number of para-hydroxylation sites is 1. The average molecular weight is 415 g/mol. The monoisotopic (exact) mass is 414 g/mol. The summed E-state index contributed by atoms with van der Waals surface area (Å²) in [4.78, 5) is 12.3. The highest BCUT2D eigenvalue weighted by molar-refractivity contribution is 5.91. The van der Waals surface area contributed by atoms with Gasteiger partial charge in [-0.1, -0.05) is 43.2 Å². The van der Waals surface area contributed by atoms with Gasteiger partial charge in [-0.2, -0.15) is 0 Å². The summed E-state index contributed by atoms with van der Waals surface area (Å²) in [5.74, 6) is 0.985. The van der Waals surface area contributed by atoms with E-state index >= 15 is 0 Å². The molecule has 0 saturated carbocycles. The molecule has 2 N–H and O–H groups in total. The smallest absolute Gasteiger partial charge is 0.262 e. The third-order valence-electron chi connectivity index (χ3n) is 4.56. The molecule has 0 heterocycles. The van der Waals surface area contributed by atoms with Crippen LogP contribution < -0.4 is 20.1 Å². The maximum absolute atomic E-state index is 12.3. The molecule has 2 aromatic carbocycles. The highest BCUT2D eigenvalue weighted by atomic mass is 16.5. The number of benzene rings is 2. The Labute approximate surface area is 179 Å². The molecule has 0 aliphatic rings. The van der Waals surface area contributed by atoms with Crippen molar-refractivity contribution >= 4 is 11.6 Å². The second kappa shape index (κ2) is 13.6. The average Bonchev–Trinajstić information content (AvgIpc) is 2.76. The van der Waals surface area contributed by atoms with Crippen molar-refractivity contribution in [2.24, 2.45) is 0 Å². The number of amides is 1. The maximum Gasteiger partial charge on any atom is 0.262 e. The molecule has 2 aromatic rings. The normalized spacial score (nSPS) is 10.6. The number of unbranched alkanes of at least 4 members (excludes halogenated alkanes) is 1. The van der Waals surface area contributed by atoms with Crippen molar-refractivity contribution in [1.29, 1.82) is 0 Å². The molecule has 0 bridgehead atoms. The molecule has 0 saturated heterocycles. The quantitative estimate of drug-likeness (QED) is 0.451. The fraction of sp³-hybridized carbons (Fsp3) is 0.458. The van der Waals surface area contributed by atoms with Gasteiger partial charge in [0.1, 0.15) is 0 Å². The Balaban J connectivity index is 1.83. The lowest BCUT2D eigenvalue weighted by Crippen LogP contribution is -2.22. The van der Waals surface area contributed by atoms with Gasteiger partial charge < -0.3 is 24.8 Å². The summed E-state index contributed by atoms with van der Waals surface area (Å²) in [7, 11) is 1.60. The van der Waals surface area contributed by atoms with E-state index in [-0.39, 0.29) is 12.5 Å². The van der Waals surface area contributed by atoms with Crippen molar-refractivity contribution in [2.75, 3.05) is 38.8 Å². The first-order valence-electron chi connectivity index (χ1n) is 10.6. The summed E-state index contributed by atoms with van der Waals surface area (Å²) < 4.78 is 16.8. The van der Waals surface area contributed by atoms with Gasteiger partial charge in [-0.25, -0.2) is 0 Å². The van der Waals surface area contributed by atoms with Crippen molar-refractivity contribution in [2.45, 2.75) is 39.7 Å². The van der Waals surface area contributed by atoms with E-state index in [1.165, 1.54) is 0 Å². The third-order valence-corrected chi connectivity index (χ3v) is 4.56. The Morgan fingerprint density at radius 2 is 1.80 bits per heavy atom. The Morgan fingerprint density at radius 3 is 2.53 bits per heavy atom. The van der Waals surface area contributed by atoms with E-state index in [4.69, 9.17) is 14.2 Å².